The molecule has 0 aliphatic rings. The van der Waals surface area contributed by atoms with E-state index in [1.54, 1.807) is 6.07 Å². The third kappa shape index (κ3) is 2.64. The summed E-state index contributed by atoms with van der Waals surface area (Å²) < 4.78 is 12.2. The van der Waals surface area contributed by atoms with Crippen molar-refractivity contribution in [3.8, 4) is 17.7 Å². The molecule has 0 saturated carbocycles. The molecule has 3 aromatic rings. The van der Waals surface area contributed by atoms with Crippen molar-refractivity contribution in [2.75, 3.05) is 14.2 Å². The van der Waals surface area contributed by atoms with Gasteiger partial charge in [0.15, 0.2) is 0 Å². The Morgan fingerprint density at radius 1 is 1.21 bits per heavy atom. The highest BCUT2D eigenvalue weighted by Crippen LogP contribution is 2.30. The van der Waals surface area contributed by atoms with Crippen molar-refractivity contribution in [3.63, 3.8) is 0 Å². The van der Waals surface area contributed by atoms with Crippen LogP contribution in [-0.2, 0) is 11.2 Å². The summed E-state index contributed by atoms with van der Waals surface area (Å²) in [6.45, 7) is 1.87. The summed E-state index contributed by atoms with van der Waals surface area (Å²) in [4.78, 5) is 19.7. The Bertz CT molecular complexity index is 895. The fourth-order valence-corrected chi connectivity index (χ4v) is 2.81. The first-order valence-electron chi connectivity index (χ1n) is 7.33. The summed E-state index contributed by atoms with van der Waals surface area (Å²) in [5, 5.41) is 10.1. The van der Waals surface area contributed by atoms with Gasteiger partial charge >= 0.3 is 12.0 Å². The molecule has 0 radical (unpaired) electrons. The highest BCUT2D eigenvalue weighted by Gasteiger charge is 2.19. The number of fused-ring (bicyclic) bond motifs is 1. The molecule has 2 heterocycles. The first kappa shape index (κ1) is 15.8. The van der Waals surface area contributed by atoms with Crippen LogP contribution in [0, 0.1) is 6.92 Å². The van der Waals surface area contributed by atoms with Crippen LogP contribution in [0.4, 0.5) is 0 Å². The number of carboxylic acid groups (broad SMARTS) is 1. The standard InChI is InChI=1S/C17H17N3O4/c1-10-12(8-16(21)22)11-6-4-5-7-13(11)20(10)14-9-15(23-2)19-17(18-14)24-3/h4-7,9H,8H2,1-3H3,(H,21,22). The van der Waals surface area contributed by atoms with Crippen LogP contribution in [-0.4, -0.2) is 39.8 Å². The van der Waals surface area contributed by atoms with Crippen molar-refractivity contribution in [2.24, 2.45) is 0 Å². The van der Waals surface area contributed by atoms with E-state index in [0.717, 1.165) is 22.2 Å². The number of aliphatic carboxylic acids is 1. The van der Waals surface area contributed by atoms with E-state index in [0.29, 0.717) is 11.7 Å². The fourth-order valence-electron chi connectivity index (χ4n) is 2.81. The van der Waals surface area contributed by atoms with Gasteiger partial charge in [-0.25, -0.2) is 0 Å². The number of hydrogen-bond acceptors (Lipinski definition) is 5. The van der Waals surface area contributed by atoms with Gasteiger partial charge in [-0.05, 0) is 18.6 Å². The summed E-state index contributed by atoms with van der Waals surface area (Å²) in [6.07, 6.45) is -0.0568. The van der Waals surface area contributed by atoms with Gasteiger partial charge in [-0.2, -0.15) is 9.97 Å². The number of hydrogen-bond donors (Lipinski definition) is 1. The second kappa shape index (κ2) is 6.19. The topological polar surface area (TPSA) is 86.5 Å². The van der Waals surface area contributed by atoms with Crippen molar-refractivity contribution in [2.45, 2.75) is 13.3 Å². The predicted octanol–water partition coefficient (Wildman–Crippen LogP) is 2.37. The van der Waals surface area contributed by atoms with Crippen LogP contribution >= 0.6 is 0 Å². The molecule has 2 aromatic heterocycles. The van der Waals surface area contributed by atoms with E-state index >= 15 is 0 Å². The predicted molar refractivity (Wildman–Crippen MR) is 88.0 cm³/mol. The van der Waals surface area contributed by atoms with E-state index < -0.39 is 5.97 Å². The largest absolute Gasteiger partial charge is 0.481 e. The number of para-hydroxylation sites is 1. The van der Waals surface area contributed by atoms with Crippen LogP contribution < -0.4 is 9.47 Å². The molecule has 0 saturated heterocycles. The zero-order valence-electron chi connectivity index (χ0n) is 13.6. The summed E-state index contributed by atoms with van der Waals surface area (Å²) in [7, 11) is 3.00. The molecular formula is C17H17N3O4. The first-order chi connectivity index (χ1) is 11.5. The minimum atomic E-state index is -0.876. The number of benzene rings is 1. The van der Waals surface area contributed by atoms with E-state index in [2.05, 4.69) is 9.97 Å². The van der Waals surface area contributed by atoms with Crippen LogP contribution in [0.2, 0.25) is 0 Å². The molecule has 0 spiro atoms. The molecule has 24 heavy (non-hydrogen) atoms. The maximum atomic E-state index is 11.2. The number of carbonyl (C=O) groups is 1. The molecule has 1 aromatic carbocycles. The number of ether oxygens (including phenoxy) is 2. The van der Waals surface area contributed by atoms with Crippen molar-refractivity contribution in [1.82, 2.24) is 14.5 Å². The van der Waals surface area contributed by atoms with Gasteiger partial charge in [-0.3, -0.25) is 9.36 Å². The highest BCUT2D eigenvalue weighted by molar-refractivity contribution is 5.90. The summed E-state index contributed by atoms with van der Waals surface area (Å²) in [5.41, 5.74) is 2.44. The average Bonchev–Trinajstić information content (AvgIpc) is 2.86. The van der Waals surface area contributed by atoms with Gasteiger partial charge < -0.3 is 14.6 Å². The summed E-state index contributed by atoms with van der Waals surface area (Å²) in [5.74, 6) is 0.0525. The lowest BCUT2D eigenvalue weighted by molar-refractivity contribution is -0.136. The molecular weight excluding hydrogens is 310 g/mol. The van der Waals surface area contributed by atoms with Crippen LogP contribution in [0.25, 0.3) is 16.7 Å². The van der Waals surface area contributed by atoms with Gasteiger partial charge in [0.1, 0.15) is 5.82 Å². The number of rotatable bonds is 5. The van der Waals surface area contributed by atoms with E-state index in [4.69, 9.17) is 9.47 Å². The third-order valence-electron chi connectivity index (χ3n) is 3.86. The molecule has 0 unspecified atom stereocenters. The second-order valence-corrected chi connectivity index (χ2v) is 5.24. The molecule has 0 aliphatic heterocycles. The zero-order valence-corrected chi connectivity index (χ0v) is 13.6. The number of aromatic nitrogens is 3. The molecule has 124 valence electrons. The number of carboxylic acids is 1. The molecule has 7 nitrogen and oxygen atoms in total. The van der Waals surface area contributed by atoms with E-state index in [1.165, 1.54) is 14.2 Å². The molecule has 0 aliphatic carbocycles. The Balaban J connectivity index is 2.30. The van der Waals surface area contributed by atoms with Crippen molar-refractivity contribution in [1.29, 1.82) is 0 Å². The highest BCUT2D eigenvalue weighted by atomic mass is 16.5. The molecule has 0 bridgehead atoms. The van der Waals surface area contributed by atoms with E-state index in [1.807, 2.05) is 35.8 Å². The Morgan fingerprint density at radius 2 is 1.96 bits per heavy atom. The first-order valence-corrected chi connectivity index (χ1v) is 7.33. The molecule has 0 atom stereocenters. The summed E-state index contributed by atoms with van der Waals surface area (Å²) in [6, 6.07) is 9.49. The minimum Gasteiger partial charge on any atom is -0.481 e. The smallest absolute Gasteiger partial charge is 0.321 e. The second-order valence-electron chi connectivity index (χ2n) is 5.24. The Hall–Kier alpha value is -3.09. The molecule has 7 heteroatoms. The van der Waals surface area contributed by atoms with Gasteiger partial charge in [0.05, 0.1) is 26.2 Å². The maximum absolute atomic E-state index is 11.2. The normalized spacial score (nSPS) is 10.8. The molecule has 0 fully saturated rings. The lowest BCUT2D eigenvalue weighted by atomic mass is 10.1. The van der Waals surface area contributed by atoms with Crippen molar-refractivity contribution in [3.05, 3.63) is 41.6 Å². The van der Waals surface area contributed by atoms with Gasteiger partial charge in [0.25, 0.3) is 0 Å². The number of methoxy groups -OCH3 is 2. The Labute approximate surface area is 138 Å². The van der Waals surface area contributed by atoms with E-state index in [9.17, 15) is 9.90 Å². The van der Waals surface area contributed by atoms with Crippen LogP contribution in [0.3, 0.4) is 0 Å². The zero-order chi connectivity index (χ0) is 17.3. The fraction of sp³-hybridized carbons (Fsp3) is 0.235. The molecule has 0 amide bonds. The molecule has 3 rings (SSSR count). The molecule has 1 N–H and O–H groups in total. The SMILES string of the molecule is COc1cc(-n2c(C)c(CC(=O)O)c3ccccc32)nc(OC)n1. The van der Waals surface area contributed by atoms with Crippen molar-refractivity contribution < 1.29 is 19.4 Å². The van der Waals surface area contributed by atoms with Crippen LogP contribution in [0.1, 0.15) is 11.3 Å². The van der Waals surface area contributed by atoms with Gasteiger partial charge in [-0.1, -0.05) is 18.2 Å². The average molecular weight is 327 g/mol. The third-order valence-corrected chi connectivity index (χ3v) is 3.86. The van der Waals surface area contributed by atoms with Gasteiger partial charge in [0.2, 0.25) is 5.88 Å². The van der Waals surface area contributed by atoms with Crippen LogP contribution in [0.15, 0.2) is 30.3 Å². The lowest BCUT2D eigenvalue weighted by Crippen LogP contribution is -2.06. The monoisotopic (exact) mass is 327 g/mol. The summed E-state index contributed by atoms with van der Waals surface area (Å²) >= 11 is 0. The number of nitrogens with zero attached hydrogens (tertiary/aromatic N) is 3. The quantitative estimate of drug-likeness (QED) is 0.774. The Kier molecular flexibility index (Phi) is 4.07. The lowest BCUT2D eigenvalue weighted by Gasteiger charge is -2.10. The van der Waals surface area contributed by atoms with Crippen LogP contribution in [0.5, 0.6) is 11.9 Å². The Morgan fingerprint density at radius 3 is 2.62 bits per heavy atom. The van der Waals surface area contributed by atoms with Gasteiger partial charge in [-0.15, -0.1) is 0 Å². The van der Waals surface area contributed by atoms with Gasteiger partial charge in [0, 0.05) is 17.1 Å². The maximum Gasteiger partial charge on any atom is 0.321 e. The minimum absolute atomic E-state index is 0.0568. The van der Waals surface area contributed by atoms with Crippen molar-refractivity contribution >= 4 is 16.9 Å². The van der Waals surface area contributed by atoms with E-state index in [-0.39, 0.29) is 12.4 Å².